The van der Waals surface area contributed by atoms with Gasteiger partial charge in [-0.2, -0.15) is 5.21 Å². The number of H-pyrrole nitrogens is 2. The third kappa shape index (κ3) is 67.5. The summed E-state index contributed by atoms with van der Waals surface area (Å²) in [5, 5.41) is 11.5. The summed E-state index contributed by atoms with van der Waals surface area (Å²) in [7, 11) is -7.83. The number of aromatic amines is 2. The summed E-state index contributed by atoms with van der Waals surface area (Å²) >= 11 is 4.48. The topological polar surface area (TPSA) is 172 Å². The summed E-state index contributed by atoms with van der Waals surface area (Å²) in [6, 6.07) is 0. The second kappa shape index (κ2) is 13.1. The monoisotopic (exact) mass is 338 g/mol. The fourth-order valence-corrected chi connectivity index (χ4v) is 0.255. The molecule has 0 aromatic carbocycles. The standard InChI is InChI=1S/CH2N4S.2CH4O3S.2Na/c6-1-2-4-5-3-1;2*1-5(2,3)4;;/h(H2,2,3,4,5,6);2*1H3,(H,2,3,4);;/q;;;2*+1/p-2. The van der Waals surface area contributed by atoms with Crippen molar-refractivity contribution in [2.45, 2.75) is 0 Å². The van der Waals surface area contributed by atoms with E-state index in [-0.39, 0.29) is 59.1 Å². The Balaban J connectivity index is -0.0000000781. The summed E-state index contributed by atoms with van der Waals surface area (Å²) in [5.41, 5.74) is 0. The number of hydrogen-bond acceptors (Lipinski definition) is 9. The van der Waals surface area contributed by atoms with Crippen LogP contribution in [0.1, 0.15) is 0 Å². The Morgan fingerprint density at radius 1 is 1.06 bits per heavy atom. The van der Waals surface area contributed by atoms with E-state index in [1.54, 1.807) is 0 Å². The van der Waals surface area contributed by atoms with Gasteiger partial charge in [-0.3, -0.25) is 5.10 Å². The van der Waals surface area contributed by atoms with Gasteiger partial charge >= 0.3 is 59.1 Å². The van der Waals surface area contributed by atoms with Crippen LogP contribution in [0.15, 0.2) is 0 Å². The Morgan fingerprint density at radius 3 is 1.39 bits per heavy atom. The van der Waals surface area contributed by atoms with Crippen molar-refractivity contribution in [1.82, 2.24) is 20.6 Å². The second-order valence-corrected chi connectivity index (χ2v) is 5.35. The van der Waals surface area contributed by atoms with Gasteiger partial charge in [0.25, 0.3) is 0 Å². The minimum absolute atomic E-state index is 0. The predicted octanol–water partition coefficient (Wildman–Crippen LogP) is -7.81. The summed E-state index contributed by atoms with van der Waals surface area (Å²) < 4.78 is 54.8. The molecule has 1 aromatic heterocycles. The van der Waals surface area contributed by atoms with Crippen LogP contribution in [0.2, 0.25) is 0 Å². The summed E-state index contributed by atoms with van der Waals surface area (Å²) in [4.78, 5) is 0. The molecule has 10 nitrogen and oxygen atoms in total. The normalized spacial score (nSPS) is 9.33. The number of tetrazole rings is 1. The molecule has 0 atom stereocenters. The average molecular weight is 338 g/mol. The van der Waals surface area contributed by atoms with E-state index in [0.29, 0.717) is 17.3 Å². The van der Waals surface area contributed by atoms with Crippen LogP contribution in [0.5, 0.6) is 0 Å². The summed E-state index contributed by atoms with van der Waals surface area (Å²) in [6.07, 6.45) is 1.21. The van der Waals surface area contributed by atoms with Crippen molar-refractivity contribution in [2.75, 3.05) is 12.5 Å². The van der Waals surface area contributed by atoms with Crippen LogP contribution in [-0.4, -0.2) is 59.1 Å². The number of nitrogens with one attached hydrogen (secondary N) is 2. The maximum absolute atomic E-state index is 9.08. The average Bonchev–Trinajstić information content (AvgIpc) is 2.30. The van der Waals surface area contributed by atoms with E-state index in [2.05, 4.69) is 32.8 Å². The Bertz CT molecular complexity index is 472. The molecule has 0 aliphatic carbocycles. The smallest absolute Gasteiger partial charge is 0.748 e. The molecule has 1 rings (SSSR count). The molecule has 15 heteroatoms. The number of rotatable bonds is 0. The Kier molecular flexibility index (Phi) is 20.0. The second-order valence-electron chi connectivity index (χ2n) is 2.15. The van der Waals surface area contributed by atoms with Crippen molar-refractivity contribution < 1.29 is 85.1 Å². The first-order chi connectivity index (χ1) is 6.89. The van der Waals surface area contributed by atoms with Gasteiger partial charge in [-0.15, -0.1) is 0 Å². The first-order valence-corrected chi connectivity index (χ1v) is 7.21. The van der Waals surface area contributed by atoms with Crippen LogP contribution in [-0.2, 0) is 20.2 Å². The van der Waals surface area contributed by atoms with Crippen LogP contribution in [0.3, 0.4) is 0 Å². The van der Waals surface area contributed by atoms with Gasteiger partial charge in [0.15, 0.2) is 0 Å². The molecule has 1 aromatic rings. The van der Waals surface area contributed by atoms with Gasteiger partial charge in [0, 0.05) is 12.5 Å². The summed E-state index contributed by atoms with van der Waals surface area (Å²) in [6.45, 7) is 0. The maximum atomic E-state index is 9.08. The van der Waals surface area contributed by atoms with Crippen LogP contribution >= 0.6 is 12.2 Å². The Labute approximate surface area is 153 Å². The molecule has 0 fully saturated rings. The molecule has 0 saturated carbocycles. The zero-order valence-corrected chi connectivity index (χ0v) is 16.5. The Morgan fingerprint density at radius 2 is 1.33 bits per heavy atom. The van der Waals surface area contributed by atoms with Gasteiger partial charge < -0.3 is 9.11 Å². The molecule has 0 amide bonds. The van der Waals surface area contributed by atoms with Gasteiger partial charge in [-0.05, 0) is 12.2 Å². The zero-order valence-electron chi connectivity index (χ0n) is 10.1. The fourth-order valence-electron chi connectivity index (χ4n) is 0.168. The van der Waals surface area contributed by atoms with Crippen LogP contribution in [0.4, 0.5) is 0 Å². The van der Waals surface area contributed by atoms with E-state index < -0.39 is 20.2 Å². The largest absolute Gasteiger partial charge is 1.00 e. The van der Waals surface area contributed by atoms with Gasteiger partial charge in [0.2, 0.25) is 4.77 Å². The zero-order chi connectivity index (χ0) is 13.4. The minimum atomic E-state index is -3.92. The molecule has 0 bridgehead atoms. The molecule has 0 unspecified atom stereocenters. The van der Waals surface area contributed by atoms with Crippen LogP contribution < -0.4 is 59.1 Å². The molecular weight excluding hydrogens is 330 g/mol. The van der Waals surface area contributed by atoms with Gasteiger partial charge in [0.1, 0.15) is 0 Å². The molecular formula is C3H8N4Na2O6S3. The fraction of sp³-hybridized carbons (Fsp3) is 0.667. The third-order valence-electron chi connectivity index (χ3n) is 0.354. The molecule has 0 aliphatic heterocycles. The molecule has 18 heavy (non-hydrogen) atoms. The predicted molar refractivity (Wildman–Crippen MR) is 52.8 cm³/mol. The van der Waals surface area contributed by atoms with Crippen molar-refractivity contribution in [3.05, 3.63) is 4.77 Å². The third-order valence-corrected chi connectivity index (χ3v) is 0.537. The number of nitrogens with zero attached hydrogens (tertiary/aromatic N) is 2. The van der Waals surface area contributed by atoms with E-state index in [1.165, 1.54) is 0 Å². The van der Waals surface area contributed by atoms with Crippen molar-refractivity contribution >= 4 is 32.5 Å². The van der Waals surface area contributed by atoms with Gasteiger partial charge in [0.05, 0.1) is 20.2 Å². The molecule has 0 saturated heterocycles. The summed E-state index contributed by atoms with van der Waals surface area (Å²) in [5.74, 6) is 0. The van der Waals surface area contributed by atoms with Crippen molar-refractivity contribution in [1.29, 1.82) is 0 Å². The van der Waals surface area contributed by atoms with Crippen LogP contribution in [0.25, 0.3) is 0 Å². The van der Waals surface area contributed by atoms with E-state index in [4.69, 9.17) is 25.9 Å². The molecule has 0 spiro atoms. The van der Waals surface area contributed by atoms with Crippen molar-refractivity contribution in [3.63, 3.8) is 0 Å². The SMILES string of the molecule is CS(=O)(=O)[O-].CS(=O)(=O)[O-].S=c1nn[nH][nH]1.[Na+].[Na+]. The molecule has 1 heterocycles. The first-order valence-electron chi connectivity index (χ1n) is 3.17. The number of hydrogen-bond donors (Lipinski definition) is 2. The van der Waals surface area contributed by atoms with Crippen LogP contribution in [0, 0.1) is 4.77 Å². The maximum Gasteiger partial charge on any atom is 1.00 e. The molecule has 2 N–H and O–H groups in total. The molecule has 0 radical (unpaired) electrons. The quantitative estimate of drug-likeness (QED) is 0.265. The van der Waals surface area contributed by atoms with Gasteiger partial charge in [-0.25, -0.2) is 16.8 Å². The van der Waals surface area contributed by atoms with E-state index >= 15 is 0 Å². The van der Waals surface area contributed by atoms with Gasteiger partial charge in [-0.1, -0.05) is 10.3 Å². The van der Waals surface area contributed by atoms with E-state index in [0.717, 1.165) is 0 Å². The minimum Gasteiger partial charge on any atom is -0.748 e. The van der Waals surface area contributed by atoms with E-state index in [9.17, 15) is 0 Å². The number of aromatic nitrogens is 4. The first kappa shape index (κ1) is 27.5. The Hall–Kier alpha value is 1.11. The van der Waals surface area contributed by atoms with Crippen molar-refractivity contribution in [3.8, 4) is 0 Å². The molecule has 96 valence electrons. The van der Waals surface area contributed by atoms with Crippen molar-refractivity contribution in [2.24, 2.45) is 0 Å². The van der Waals surface area contributed by atoms with E-state index in [1.807, 2.05) is 0 Å². The molecule has 0 aliphatic rings.